The van der Waals surface area contributed by atoms with Crippen molar-refractivity contribution in [3.8, 4) is 16.8 Å². The van der Waals surface area contributed by atoms with Gasteiger partial charge in [0.15, 0.2) is 0 Å². The molecule has 10 heteroatoms. The van der Waals surface area contributed by atoms with E-state index in [4.69, 9.17) is 10.9 Å². The largest absolute Gasteiger partial charge is 0.397 e. The minimum absolute atomic E-state index is 0.0325. The fourth-order valence-corrected chi connectivity index (χ4v) is 4.93. The van der Waals surface area contributed by atoms with Gasteiger partial charge in [-0.25, -0.2) is 18.2 Å². The van der Waals surface area contributed by atoms with Gasteiger partial charge in [0.1, 0.15) is 5.82 Å². The Labute approximate surface area is 207 Å². The number of pyridine rings is 1. The van der Waals surface area contributed by atoms with Crippen molar-refractivity contribution in [2.45, 2.75) is 11.8 Å². The Morgan fingerprint density at radius 2 is 1.72 bits per heavy atom. The molecule has 0 saturated carbocycles. The first-order valence-electron chi connectivity index (χ1n) is 10.9. The molecule has 1 amide bonds. The molecule has 36 heavy (non-hydrogen) atoms. The Morgan fingerprint density at radius 1 is 0.972 bits per heavy atom. The third-order valence-electron chi connectivity index (χ3n) is 5.83. The number of aromatic nitrogens is 3. The zero-order chi connectivity index (χ0) is 25.4. The lowest BCUT2D eigenvalue weighted by atomic mass is 10.1. The van der Waals surface area contributed by atoms with Gasteiger partial charge in [0, 0.05) is 28.6 Å². The summed E-state index contributed by atoms with van der Waals surface area (Å²) in [4.78, 5) is 17.9. The molecule has 0 radical (unpaired) electrons. The fraction of sp³-hybridized carbons (Fsp3) is 0.0385. The third-order valence-corrected chi connectivity index (χ3v) is 6.80. The molecule has 0 bridgehead atoms. The number of hydrogen-bond acceptors (Lipinski definition) is 6. The highest BCUT2D eigenvalue weighted by atomic mass is 32.2. The molecule has 5 rings (SSSR count). The number of nitrogen functional groups attached to an aromatic ring is 1. The first-order chi connectivity index (χ1) is 17.3. The summed E-state index contributed by atoms with van der Waals surface area (Å²) in [6.07, 6.45) is 4.03. The predicted octanol–water partition coefficient (Wildman–Crippen LogP) is 3.92. The maximum Gasteiger partial charge on any atom is 0.238 e. The summed E-state index contributed by atoms with van der Waals surface area (Å²) in [7, 11) is -3.90. The van der Waals surface area contributed by atoms with Crippen LogP contribution in [0.1, 0.15) is 5.69 Å². The lowest BCUT2D eigenvalue weighted by Gasteiger charge is -2.19. The molecule has 0 aliphatic rings. The molecule has 0 atom stereocenters. The van der Waals surface area contributed by atoms with Crippen LogP contribution in [0.3, 0.4) is 0 Å². The molecule has 180 valence electrons. The van der Waals surface area contributed by atoms with E-state index in [-0.39, 0.29) is 4.90 Å². The van der Waals surface area contributed by atoms with Crippen molar-refractivity contribution in [1.29, 1.82) is 0 Å². The van der Waals surface area contributed by atoms with Crippen LogP contribution in [0.15, 0.2) is 90.1 Å². The summed E-state index contributed by atoms with van der Waals surface area (Å²) in [5.41, 5.74) is 9.78. The van der Waals surface area contributed by atoms with E-state index in [1.54, 1.807) is 65.6 Å². The molecule has 2 aromatic heterocycles. The smallest absolute Gasteiger partial charge is 0.238 e. The van der Waals surface area contributed by atoms with Gasteiger partial charge in [-0.15, -0.1) is 0 Å². The normalized spacial score (nSPS) is 11.5. The van der Waals surface area contributed by atoms with Crippen LogP contribution in [-0.4, -0.2) is 29.6 Å². The third kappa shape index (κ3) is 4.19. The summed E-state index contributed by atoms with van der Waals surface area (Å²) in [5, 5.41) is 11.7. The van der Waals surface area contributed by atoms with Crippen molar-refractivity contribution in [1.82, 2.24) is 14.8 Å². The van der Waals surface area contributed by atoms with Crippen molar-refractivity contribution >= 4 is 44.4 Å². The van der Waals surface area contributed by atoms with Gasteiger partial charge in [-0.05, 0) is 42.8 Å². The van der Waals surface area contributed by atoms with Gasteiger partial charge in [0.2, 0.25) is 16.4 Å². The van der Waals surface area contributed by atoms with Crippen molar-refractivity contribution in [2.24, 2.45) is 5.14 Å². The highest BCUT2D eigenvalue weighted by Crippen LogP contribution is 2.32. The SMILES string of the molecule is Cc1cc(N(C=O)c2ccc(-c3ccccc3S(N)(=O)=O)cc2)n(-c2ccc3c(N)cncc3c2)n1. The van der Waals surface area contributed by atoms with E-state index < -0.39 is 10.0 Å². The highest BCUT2D eigenvalue weighted by Gasteiger charge is 2.19. The van der Waals surface area contributed by atoms with E-state index in [0.717, 1.165) is 22.2 Å². The molecular weight excluding hydrogens is 476 g/mol. The molecule has 0 aliphatic heterocycles. The van der Waals surface area contributed by atoms with Crippen LogP contribution in [-0.2, 0) is 14.8 Å². The molecule has 2 heterocycles. The molecule has 0 fully saturated rings. The number of nitrogens with two attached hydrogens (primary N) is 2. The zero-order valence-electron chi connectivity index (χ0n) is 19.2. The number of benzene rings is 3. The Balaban J connectivity index is 1.55. The van der Waals surface area contributed by atoms with Gasteiger partial charge in [0.25, 0.3) is 0 Å². The first-order valence-corrected chi connectivity index (χ1v) is 12.5. The number of hydrogen-bond donors (Lipinski definition) is 2. The molecule has 9 nitrogen and oxygen atoms in total. The maximum absolute atomic E-state index is 12.3. The summed E-state index contributed by atoms with van der Waals surface area (Å²) in [5.74, 6) is 0.538. The Hall–Kier alpha value is -4.54. The highest BCUT2D eigenvalue weighted by molar-refractivity contribution is 7.89. The Morgan fingerprint density at radius 3 is 2.44 bits per heavy atom. The van der Waals surface area contributed by atoms with Gasteiger partial charge >= 0.3 is 0 Å². The van der Waals surface area contributed by atoms with E-state index >= 15 is 0 Å². The van der Waals surface area contributed by atoms with Crippen LogP contribution in [0.2, 0.25) is 0 Å². The van der Waals surface area contributed by atoms with Gasteiger partial charge in [-0.1, -0.05) is 36.4 Å². The molecule has 3 aromatic carbocycles. The molecule has 0 saturated heterocycles. The zero-order valence-corrected chi connectivity index (χ0v) is 20.1. The van der Waals surface area contributed by atoms with E-state index in [0.29, 0.717) is 34.7 Å². The quantitative estimate of drug-likeness (QED) is 0.340. The van der Waals surface area contributed by atoms with E-state index in [2.05, 4.69) is 10.1 Å². The number of amides is 1. The number of nitrogens with zero attached hydrogens (tertiary/aromatic N) is 4. The second kappa shape index (κ2) is 8.91. The number of rotatable bonds is 6. The van der Waals surface area contributed by atoms with Gasteiger partial charge < -0.3 is 5.73 Å². The van der Waals surface area contributed by atoms with Crippen molar-refractivity contribution in [3.63, 3.8) is 0 Å². The molecule has 5 aromatic rings. The molecule has 0 spiro atoms. The van der Waals surface area contributed by atoms with Crippen LogP contribution >= 0.6 is 0 Å². The van der Waals surface area contributed by atoms with E-state index in [1.807, 2.05) is 25.1 Å². The second-order valence-electron chi connectivity index (χ2n) is 8.25. The number of carbonyl (C=O) groups is 1. The van der Waals surface area contributed by atoms with Crippen LogP contribution < -0.4 is 15.8 Å². The van der Waals surface area contributed by atoms with Crippen molar-refractivity contribution < 1.29 is 13.2 Å². The average Bonchev–Trinajstić information content (AvgIpc) is 3.25. The second-order valence-corrected chi connectivity index (χ2v) is 9.78. The van der Waals surface area contributed by atoms with Crippen molar-refractivity contribution in [3.05, 3.63) is 90.9 Å². The standard InChI is InChI=1S/C26H22N6O3S/c1-17-12-26(32(30-17)21-10-11-22-19(13-21)14-29-15-24(22)27)31(16-33)20-8-6-18(7-9-20)23-4-2-3-5-25(23)36(28,34)35/h2-16H,27H2,1H3,(H2,28,34,35). The summed E-state index contributed by atoms with van der Waals surface area (Å²) < 4.78 is 25.7. The van der Waals surface area contributed by atoms with Crippen LogP contribution in [0, 0.1) is 6.92 Å². The maximum atomic E-state index is 12.3. The minimum Gasteiger partial charge on any atom is -0.397 e. The summed E-state index contributed by atoms with van der Waals surface area (Å²) >= 11 is 0. The molecule has 0 aliphatic carbocycles. The van der Waals surface area contributed by atoms with Gasteiger partial charge in [-0.2, -0.15) is 5.10 Å². The molecular formula is C26H22N6O3S. The number of fused-ring (bicyclic) bond motifs is 1. The predicted molar refractivity (Wildman–Crippen MR) is 139 cm³/mol. The monoisotopic (exact) mass is 498 g/mol. The number of sulfonamides is 1. The lowest BCUT2D eigenvalue weighted by molar-refractivity contribution is -0.106. The first kappa shape index (κ1) is 23.2. The summed E-state index contributed by atoms with van der Waals surface area (Å²) in [6.45, 7) is 1.84. The van der Waals surface area contributed by atoms with E-state index in [9.17, 15) is 13.2 Å². The number of primary sulfonamides is 1. The number of aryl methyl sites for hydroxylation is 1. The molecule has 4 N–H and O–H groups in total. The lowest BCUT2D eigenvalue weighted by Crippen LogP contribution is -2.18. The molecule has 0 unspecified atom stereocenters. The Kier molecular flexibility index (Phi) is 5.75. The number of carbonyl (C=O) groups excluding carboxylic acids is 1. The fourth-order valence-electron chi connectivity index (χ4n) is 4.17. The minimum atomic E-state index is -3.90. The van der Waals surface area contributed by atoms with Crippen LogP contribution in [0.5, 0.6) is 0 Å². The topological polar surface area (TPSA) is 137 Å². The van der Waals surface area contributed by atoms with Crippen LogP contribution in [0.25, 0.3) is 27.6 Å². The summed E-state index contributed by atoms with van der Waals surface area (Å²) in [6, 6.07) is 21.0. The van der Waals surface area contributed by atoms with Crippen LogP contribution in [0.4, 0.5) is 17.2 Å². The number of anilines is 3. The Bertz CT molecular complexity index is 1710. The van der Waals surface area contributed by atoms with E-state index in [1.165, 1.54) is 11.0 Å². The average molecular weight is 499 g/mol. The van der Waals surface area contributed by atoms with Crippen molar-refractivity contribution in [2.75, 3.05) is 10.6 Å². The van der Waals surface area contributed by atoms with Gasteiger partial charge in [0.05, 0.1) is 33.8 Å². The van der Waals surface area contributed by atoms with Gasteiger partial charge in [-0.3, -0.25) is 14.7 Å².